The first-order valence-corrected chi connectivity index (χ1v) is 8.03. The van der Waals surface area contributed by atoms with Crippen molar-refractivity contribution in [2.24, 2.45) is 0 Å². The summed E-state index contributed by atoms with van der Waals surface area (Å²) >= 11 is 5.84. The van der Waals surface area contributed by atoms with Crippen molar-refractivity contribution < 1.29 is 9.84 Å². The van der Waals surface area contributed by atoms with Crippen LogP contribution in [0.4, 0.5) is 0 Å². The Hall–Kier alpha value is -0.230. The summed E-state index contributed by atoms with van der Waals surface area (Å²) in [5, 5.41) is 14.5. The molecule has 0 aromatic heterocycles. The second kappa shape index (κ2) is 11.3. The van der Waals surface area contributed by atoms with Crippen molar-refractivity contribution in [1.82, 2.24) is 10.2 Å². The minimum absolute atomic E-state index is 0. The van der Waals surface area contributed by atoms with Crippen molar-refractivity contribution in [2.75, 3.05) is 39.3 Å². The molecule has 2 rings (SSSR count). The van der Waals surface area contributed by atoms with Crippen molar-refractivity contribution in [1.29, 1.82) is 0 Å². The highest BCUT2D eigenvalue weighted by molar-refractivity contribution is 6.30. The third kappa shape index (κ3) is 7.92. The summed E-state index contributed by atoms with van der Waals surface area (Å²) in [7, 11) is 0. The fourth-order valence-electron chi connectivity index (χ4n) is 2.68. The molecule has 2 N–H and O–H groups in total. The highest BCUT2D eigenvalue weighted by atomic mass is 35.5. The van der Waals surface area contributed by atoms with E-state index in [9.17, 15) is 5.11 Å². The number of nitrogens with one attached hydrogen (secondary N) is 1. The van der Waals surface area contributed by atoms with Crippen LogP contribution in [0.15, 0.2) is 24.3 Å². The zero-order chi connectivity index (χ0) is 15.1. The molecule has 23 heavy (non-hydrogen) atoms. The van der Waals surface area contributed by atoms with Gasteiger partial charge in [0.05, 0.1) is 5.60 Å². The van der Waals surface area contributed by atoms with Gasteiger partial charge < -0.3 is 15.2 Å². The lowest BCUT2D eigenvalue weighted by molar-refractivity contribution is -0.0163. The maximum atomic E-state index is 10.6. The van der Waals surface area contributed by atoms with E-state index in [-0.39, 0.29) is 24.8 Å². The number of halogens is 3. The van der Waals surface area contributed by atoms with Gasteiger partial charge in [-0.25, -0.2) is 0 Å². The Morgan fingerprint density at radius 1 is 1.30 bits per heavy atom. The van der Waals surface area contributed by atoms with Gasteiger partial charge in [0.25, 0.3) is 0 Å². The zero-order valence-corrected chi connectivity index (χ0v) is 15.9. The molecule has 1 aliphatic rings. The maximum Gasteiger partial charge on any atom is 0.119 e. The van der Waals surface area contributed by atoms with Crippen molar-refractivity contribution in [2.45, 2.75) is 25.4 Å². The van der Waals surface area contributed by atoms with E-state index >= 15 is 0 Å². The summed E-state index contributed by atoms with van der Waals surface area (Å²) in [5.74, 6) is 0.827. The smallest absolute Gasteiger partial charge is 0.119 e. The second-order valence-corrected chi connectivity index (χ2v) is 6.11. The minimum atomic E-state index is -0.603. The van der Waals surface area contributed by atoms with Gasteiger partial charge in [-0.3, -0.25) is 4.90 Å². The topological polar surface area (TPSA) is 44.7 Å². The zero-order valence-electron chi connectivity index (χ0n) is 13.5. The quantitative estimate of drug-likeness (QED) is 0.757. The lowest BCUT2D eigenvalue weighted by Gasteiger charge is -2.37. The number of aliphatic hydroxyl groups is 1. The number of β-amino-alcohol motifs (C(OH)–C–C–N with tert-alkyl or cyclic N) is 1. The Balaban J connectivity index is 0.00000242. The molecule has 0 aliphatic carbocycles. The van der Waals surface area contributed by atoms with Crippen LogP contribution >= 0.6 is 36.4 Å². The van der Waals surface area contributed by atoms with E-state index in [0.717, 1.165) is 38.2 Å². The normalized spacial score (nSPS) is 20.5. The first kappa shape index (κ1) is 22.8. The Morgan fingerprint density at radius 3 is 2.57 bits per heavy atom. The average molecular weight is 386 g/mol. The molecule has 134 valence electrons. The number of rotatable bonds is 7. The monoisotopic (exact) mass is 384 g/mol. The number of piperidine rings is 1. The van der Waals surface area contributed by atoms with Crippen LogP contribution in [0.3, 0.4) is 0 Å². The van der Waals surface area contributed by atoms with Gasteiger partial charge in [0.15, 0.2) is 0 Å². The van der Waals surface area contributed by atoms with E-state index in [1.54, 1.807) is 0 Å². The van der Waals surface area contributed by atoms with E-state index in [4.69, 9.17) is 16.3 Å². The first-order valence-electron chi connectivity index (χ1n) is 7.65. The van der Waals surface area contributed by atoms with Crippen LogP contribution in [0.2, 0.25) is 5.02 Å². The van der Waals surface area contributed by atoms with Crippen LogP contribution in [0.25, 0.3) is 0 Å². The van der Waals surface area contributed by atoms with E-state index < -0.39 is 5.60 Å². The Bertz CT molecular complexity index is 426. The number of benzene rings is 1. The molecule has 4 nitrogen and oxygen atoms in total. The van der Waals surface area contributed by atoms with Gasteiger partial charge in [0.2, 0.25) is 0 Å². The SMILES string of the molecule is CCN(CCOc1ccc(Cl)cc1)CC1(O)CCCNC1.Cl.Cl. The molecule has 1 aromatic carbocycles. The fraction of sp³-hybridized carbons (Fsp3) is 0.625. The van der Waals surface area contributed by atoms with Gasteiger partial charge in [-0.05, 0) is 50.2 Å². The number of hydrogen-bond acceptors (Lipinski definition) is 4. The predicted molar refractivity (Wildman–Crippen MR) is 101 cm³/mol. The van der Waals surface area contributed by atoms with Crippen LogP contribution < -0.4 is 10.1 Å². The lowest BCUT2D eigenvalue weighted by atomic mass is 9.93. The van der Waals surface area contributed by atoms with Crippen LogP contribution in [-0.2, 0) is 0 Å². The van der Waals surface area contributed by atoms with Crippen molar-refractivity contribution in [3.05, 3.63) is 29.3 Å². The number of nitrogens with zero attached hydrogens (tertiary/aromatic N) is 1. The number of hydrogen-bond donors (Lipinski definition) is 2. The molecule has 0 spiro atoms. The molecule has 0 radical (unpaired) electrons. The molecule has 0 saturated carbocycles. The molecule has 0 amide bonds. The molecule has 0 bridgehead atoms. The summed E-state index contributed by atoms with van der Waals surface area (Å²) in [5.41, 5.74) is -0.603. The summed E-state index contributed by atoms with van der Waals surface area (Å²) in [4.78, 5) is 2.24. The average Bonchev–Trinajstić information content (AvgIpc) is 2.49. The molecule has 1 atom stereocenters. The molecular formula is C16H27Cl3N2O2. The summed E-state index contributed by atoms with van der Waals surface area (Å²) in [6.45, 7) is 6.82. The highest BCUT2D eigenvalue weighted by Crippen LogP contribution is 2.18. The maximum absolute atomic E-state index is 10.6. The number of likely N-dealkylation sites (N-methyl/N-ethyl adjacent to an activating group) is 1. The molecule has 1 unspecified atom stereocenters. The van der Waals surface area contributed by atoms with Gasteiger partial charge in [0.1, 0.15) is 12.4 Å². The lowest BCUT2D eigenvalue weighted by Crippen LogP contribution is -2.53. The molecule has 1 aliphatic heterocycles. The molecular weight excluding hydrogens is 359 g/mol. The van der Waals surface area contributed by atoms with Gasteiger partial charge in [-0.15, -0.1) is 24.8 Å². The second-order valence-electron chi connectivity index (χ2n) is 5.68. The van der Waals surface area contributed by atoms with Crippen LogP contribution in [0, 0.1) is 0 Å². The van der Waals surface area contributed by atoms with Crippen LogP contribution in [0.5, 0.6) is 5.75 Å². The van der Waals surface area contributed by atoms with Gasteiger partial charge in [-0.2, -0.15) is 0 Å². The fourth-order valence-corrected chi connectivity index (χ4v) is 2.80. The molecule has 1 heterocycles. The van der Waals surface area contributed by atoms with E-state index in [1.165, 1.54) is 0 Å². The van der Waals surface area contributed by atoms with Crippen LogP contribution in [-0.4, -0.2) is 54.9 Å². The molecule has 1 aromatic rings. The van der Waals surface area contributed by atoms with E-state index in [0.29, 0.717) is 24.7 Å². The Labute approximate surface area is 156 Å². The predicted octanol–water partition coefficient (Wildman–Crippen LogP) is 3.00. The summed E-state index contributed by atoms with van der Waals surface area (Å²) in [6, 6.07) is 7.39. The summed E-state index contributed by atoms with van der Waals surface area (Å²) < 4.78 is 5.72. The van der Waals surface area contributed by atoms with Gasteiger partial charge >= 0.3 is 0 Å². The molecule has 1 saturated heterocycles. The Kier molecular flexibility index (Phi) is 11.2. The largest absolute Gasteiger partial charge is 0.492 e. The van der Waals surface area contributed by atoms with Crippen molar-refractivity contribution >= 4 is 36.4 Å². The van der Waals surface area contributed by atoms with Crippen LogP contribution in [0.1, 0.15) is 19.8 Å². The molecule has 1 fully saturated rings. The standard InChI is InChI=1S/C16H25ClN2O2.2ClH/c1-2-19(13-16(20)8-3-9-18-12-16)10-11-21-15-6-4-14(17)5-7-15;;/h4-7,18,20H,2-3,8-13H2,1H3;2*1H. The van der Waals surface area contributed by atoms with Gasteiger partial charge in [0, 0.05) is 24.7 Å². The number of ether oxygens (including phenoxy) is 1. The highest BCUT2D eigenvalue weighted by Gasteiger charge is 2.30. The third-order valence-corrected chi connectivity index (χ3v) is 4.16. The van der Waals surface area contributed by atoms with Crippen molar-refractivity contribution in [3.63, 3.8) is 0 Å². The molecule has 7 heteroatoms. The van der Waals surface area contributed by atoms with E-state index in [1.807, 2.05) is 24.3 Å². The van der Waals surface area contributed by atoms with Crippen molar-refractivity contribution in [3.8, 4) is 5.75 Å². The summed E-state index contributed by atoms with van der Waals surface area (Å²) in [6.07, 6.45) is 1.91. The first-order chi connectivity index (χ1) is 10.1. The third-order valence-electron chi connectivity index (χ3n) is 3.90. The minimum Gasteiger partial charge on any atom is -0.492 e. The Morgan fingerprint density at radius 2 is 2.00 bits per heavy atom. The van der Waals surface area contributed by atoms with E-state index in [2.05, 4.69) is 17.1 Å². The van der Waals surface area contributed by atoms with Gasteiger partial charge in [-0.1, -0.05) is 18.5 Å².